The normalized spacial score (nSPS) is 11.1. The number of hydrogen-bond acceptors (Lipinski definition) is 6. The second kappa shape index (κ2) is 17.9. The van der Waals surface area contributed by atoms with Crippen LogP contribution in [0.3, 0.4) is 0 Å². The fourth-order valence-corrected chi connectivity index (χ4v) is 5.67. The molecule has 0 fully saturated rings. The van der Waals surface area contributed by atoms with Crippen LogP contribution in [0.4, 0.5) is 0 Å². The summed E-state index contributed by atoms with van der Waals surface area (Å²) < 4.78 is 11.0. The molecular formula is C44H46N4O4. The second-order valence-electron chi connectivity index (χ2n) is 13.1. The Bertz CT molecular complexity index is 2220. The van der Waals surface area contributed by atoms with Crippen molar-refractivity contribution in [3.05, 3.63) is 148 Å². The molecule has 266 valence electrons. The number of aromatic nitrogens is 2. The average Bonchev–Trinajstić information content (AvgIpc) is 3.64. The summed E-state index contributed by atoms with van der Waals surface area (Å²) in [7, 11) is 8.02. The highest BCUT2D eigenvalue weighted by molar-refractivity contribution is 6.06. The van der Waals surface area contributed by atoms with Crippen molar-refractivity contribution in [3.63, 3.8) is 0 Å². The van der Waals surface area contributed by atoms with Gasteiger partial charge < -0.3 is 24.3 Å². The molecule has 2 heterocycles. The highest BCUT2D eigenvalue weighted by Crippen LogP contribution is 2.26. The van der Waals surface area contributed by atoms with Gasteiger partial charge in [0.15, 0.2) is 0 Å². The summed E-state index contributed by atoms with van der Waals surface area (Å²) in [5, 5.41) is 1.74. The van der Waals surface area contributed by atoms with Gasteiger partial charge in [-0.1, -0.05) is 90.7 Å². The van der Waals surface area contributed by atoms with E-state index in [0.29, 0.717) is 17.7 Å². The van der Waals surface area contributed by atoms with Crippen LogP contribution in [0.25, 0.3) is 27.9 Å². The number of nitrogens with one attached hydrogen (secondary N) is 2. The van der Waals surface area contributed by atoms with Crippen LogP contribution >= 0.6 is 0 Å². The molecule has 8 heteroatoms. The van der Waals surface area contributed by atoms with Crippen LogP contribution < -0.4 is 0 Å². The van der Waals surface area contributed by atoms with Crippen molar-refractivity contribution in [2.45, 2.75) is 27.1 Å². The maximum absolute atomic E-state index is 12.7. The zero-order valence-corrected chi connectivity index (χ0v) is 30.7. The van der Waals surface area contributed by atoms with Crippen LogP contribution in [0.1, 0.15) is 54.4 Å². The lowest BCUT2D eigenvalue weighted by Gasteiger charge is -2.06. The van der Waals surface area contributed by atoms with E-state index in [4.69, 9.17) is 9.47 Å². The van der Waals surface area contributed by atoms with Crippen LogP contribution in [0, 0.1) is 25.7 Å². The molecule has 0 bridgehead atoms. The van der Waals surface area contributed by atoms with Gasteiger partial charge in [-0.3, -0.25) is 4.90 Å². The summed E-state index contributed by atoms with van der Waals surface area (Å²) >= 11 is 0. The van der Waals surface area contributed by atoms with Crippen LogP contribution in [0.15, 0.2) is 103 Å². The predicted octanol–water partition coefficient (Wildman–Crippen LogP) is 8.15. The number of nitrogens with zero attached hydrogens (tertiary/aromatic N) is 2. The number of fused-ring (bicyclic) bond motifs is 2. The largest absolute Gasteiger partial charge is 0.457 e. The third kappa shape index (κ3) is 10.1. The number of esters is 2. The van der Waals surface area contributed by atoms with Gasteiger partial charge >= 0.3 is 11.9 Å². The Morgan fingerprint density at radius 3 is 1.71 bits per heavy atom. The zero-order chi connectivity index (χ0) is 37.0. The Morgan fingerprint density at radius 1 is 0.673 bits per heavy atom. The van der Waals surface area contributed by atoms with Crippen molar-refractivity contribution >= 4 is 39.8 Å². The smallest absolute Gasteiger partial charge is 0.340 e. The molecule has 0 unspecified atom stereocenters. The number of likely N-dealkylation sites (N-methyl/N-ethyl adjacent to an activating group) is 1. The minimum atomic E-state index is -0.323. The first-order valence-corrected chi connectivity index (χ1v) is 17.2. The fraction of sp³-hybridized carbons (Fsp3) is 0.227. The van der Waals surface area contributed by atoms with Gasteiger partial charge in [-0.25, -0.2) is 9.59 Å². The molecule has 0 saturated heterocycles. The van der Waals surface area contributed by atoms with Crippen molar-refractivity contribution in [1.82, 2.24) is 19.8 Å². The zero-order valence-electron chi connectivity index (χ0n) is 30.7. The van der Waals surface area contributed by atoms with E-state index in [1.54, 1.807) is 0 Å². The lowest BCUT2D eigenvalue weighted by Crippen LogP contribution is -2.10. The molecule has 0 spiro atoms. The van der Waals surface area contributed by atoms with E-state index in [1.807, 2.05) is 144 Å². The molecule has 0 amide bonds. The number of H-pyrrole nitrogens is 2. The van der Waals surface area contributed by atoms with Gasteiger partial charge in [-0.2, -0.15) is 0 Å². The number of carbonyl (C=O) groups is 2. The lowest BCUT2D eigenvalue weighted by molar-refractivity contribution is 0.0465. The first-order valence-electron chi connectivity index (χ1n) is 17.2. The maximum atomic E-state index is 12.7. The molecule has 0 aliphatic carbocycles. The van der Waals surface area contributed by atoms with Crippen LogP contribution in [-0.2, 0) is 22.7 Å². The maximum Gasteiger partial charge on any atom is 0.340 e. The van der Waals surface area contributed by atoms with E-state index >= 15 is 0 Å². The third-order valence-electron chi connectivity index (χ3n) is 8.24. The highest BCUT2D eigenvalue weighted by atomic mass is 16.5. The quantitative estimate of drug-likeness (QED) is 0.111. The lowest BCUT2D eigenvalue weighted by atomic mass is 10.1. The Kier molecular flexibility index (Phi) is 12.8. The van der Waals surface area contributed by atoms with Gasteiger partial charge in [-0.05, 0) is 89.1 Å². The summed E-state index contributed by atoms with van der Waals surface area (Å²) in [6.45, 7) is 5.88. The van der Waals surface area contributed by atoms with Crippen molar-refractivity contribution in [1.29, 1.82) is 0 Å². The van der Waals surface area contributed by atoms with E-state index in [-0.39, 0.29) is 25.2 Å². The molecule has 0 saturated carbocycles. The van der Waals surface area contributed by atoms with E-state index < -0.39 is 0 Å². The van der Waals surface area contributed by atoms with Crippen LogP contribution in [-0.4, -0.2) is 73.0 Å². The molecule has 6 rings (SSSR count). The first kappa shape index (κ1) is 37.4. The summed E-state index contributed by atoms with van der Waals surface area (Å²) in [4.78, 5) is 35.9. The van der Waals surface area contributed by atoms with Gasteiger partial charge in [0.1, 0.15) is 13.2 Å². The Balaban J connectivity index is 0.000000201. The number of ether oxygens (including phenoxy) is 2. The van der Waals surface area contributed by atoms with Gasteiger partial charge in [0.25, 0.3) is 0 Å². The monoisotopic (exact) mass is 694 g/mol. The molecule has 6 aromatic rings. The van der Waals surface area contributed by atoms with E-state index in [9.17, 15) is 9.59 Å². The molecule has 0 radical (unpaired) electrons. The minimum Gasteiger partial charge on any atom is -0.457 e. The van der Waals surface area contributed by atoms with Gasteiger partial charge in [0, 0.05) is 45.3 Å². The summed E-state index contributed by atoms with van der Waals surface area (Å²) in [6, 6.07) is 31.3. The van der Waals surface area contributed by atoms with E-state index in [0.717, 1.165) is 62.0 Å². The number of benzene rings is 4. The van der Waals surface area contributed by atoms with Crippen LogP contribution in [0.5, 0.6) is 0 Å². The standard InChI is InChI=1S/C22H24N2O2.C22H22N2O2/c2*1-16-21(22(25)26-15-18-8-5-4-6-9-18)19-14-17(10-7-13-24(2)3)11-12-20(19)23-16/h4-12,14,23H,13,15H2,1-3H3;4-6,8-9,11-12,14,23H,13,15H2,1-3H3. The van der Waals surface area contributed by atoms with Crippen molar-refractivity contribution in [2.75, 3.05) is 41.3 Å². The molecular weight excluding hydrogens is 649 g/mol. The Hall–Kier alpha value is -5.88. The number of carbonyl (C=O) groups excluding carboxylic acids is 2. The molecule has 0 atom stereocenters. The molecule has 52 heavy (non-hydrogen) atoms. The number of hydrogen-bond donors (Lipinski definition) is 2. The molecule has 0 aliphatic heterocycles. The average molecular weight is 695 g/mol. The Morgan fingerprint density at radius 2 is 1.19 bits per heavy atom. The van der Waals surface area contributed by atoms with Gasteiger partial charge in [-0.15, -0.1) is 0 Å². The SMILES string of the molecule is Cc1[nH]c2ccc(C#CCN(C)C)cc2c1C(=O)OCc1ccccc1.Cc1[nH]c2ccc(C=CCN(C)C)cc2c1C(=O)OCc1ccccc1. The van der Waals surface area contributed by atoms with E-state index in [1.165, 1.54) is 0 Å². The van der Waals surface area contributed by atoms with Gasteiger partial charge in [0.2, 0.25) is 0 Å². The van der Waals surface area contributed by atoms with Crippen LogP contribution in [0.2, 0.25) is 0 Å². The molecule has 4 aromatic carbocycles. The first-order chi connectivity index (χ1) is 25.1. The molecule has 0 aliphatic rings. The third-order valence-corrected chi connectivity index (χ3v) is 8.24. The predicted molar refractivity (Wildman–Crippen MR) is 210 cm³/mol. The minimum absolute atomic E-state index is 0.258. The summed E-state index contributed by atoms with van der Waals surface area (Å²) in [5.41, 5.74) is 8.56. The summed E-state index contributed by atoms with van der Waals surface area (Å²) in [5.74, 6) is 5.64. The van der Waals surface area contributed by atoms with Crippen molar-refractivity contribution in [3.8, 4) is 11.8 Å². The van der Waals surface area contributed by atoms with E-state index in [2.05, 4.69) is 38.9 Å². The Labute approximate surface area is 306 Å². The van der Waals surface area contributed by atoms with Crippen molar-refractivity contribution < 1.29 is 19.1 Å². The topological polar surface area (TPSA) is 90.7 Å². The number of aromatic amines is 2. The molecule has 2 aromatic heterocycles. The number of aryl methyl sites for hydroxylation is 2. The fourth-order valence-electron chi connectivity index (χ4n) is 5.67. The van der Waals surface area contributed by atoms with Crippen molar-refractivity contribution in [2.24, 2.45) is 0 Å². The summed E-state index contributed by atoms with van der Waals surface area (Å²) in [6.07, 6.45) is 4.18. The highest BCUT2D eigenvalue weighted by Gasteiger charge is 2.19. The molecule has 2 N–H and O–H groups in total. The number of rotatable bonds is 10. The molecule has 8 nitrogen and oxygen atoms in total. The van der Waals surface area contributed by atoms with Gasteiger partial charge in [0.05, 0.1) is 17.7 Å². The second-order valence-corrected chi connectivity index (χ2v) is 13.1.